The molecule has 1 aliphatic rings. The predicted molar refractivity (Wildman–Crippen MR) is 76.9 cm³/mol. The first-order valence-corrected chi connectivity index (χ1v) is 7.62. The molecule has 1 aliphatic carbocycles. The molecule has 1 fully saturated rings. The van der Waals surface area contributed by atoms with Crippen LogP contribution in [0.5, 0.6) is 0 Å². The van der Waals surface area contributed by atoms with Crippen LogP contribution in [-0.4, -0.2) is 6.04 Å². The standard InChI is InChI=1S/C15H20BrF2N/c1-9-5-10(2)7-11(6-9)19-8-12-14(17)4-3-13(16)15(12)18/h3-4,9-11,19H,5-8H2,1-2H3. The molecular weight excluding hydrogens is 312 g/mol. The number of nitrogens with one attached hydrogen (secondary N) is 1. The molecule has 1 saturated carbocycles. The summed E-state index contributed by atoms with van der Waals surface area (Å²) in [7, 11) is 0. The maximum absolute atomic E-state index is 13.8. The van der Waals surface area contributed by atoms with Gasteiger partial charge < -0.3 is 5.32 Å². The van der Waals surface area contributed by atoms with Gasteiger partial charge in [0.15, 0.2) is 0 Å². The third-order valence-corrected chi connectivity index (χ3v) is 4.50. The Labute approximate surface area is 121 Å². The molecule has 1 N–H and O–H groups in total. The van der Waals surface area contributed by atoms with E-state index in [-0.39, 0.29) is 12.1 Å². The lowest BCUT2D eigenvalue weighted by atomic mass is 9.80. The van der Waals surface area contributed by atoms with Crippen LogP contribution in [0.25, 0.3) is 0 Å². The molecule has 19 heavy (non-hydrogen) atoms. The van der Waals surface area contributed by atoms with Gasteiger partial charge in [0, 0.05) is 18.2 Å². The minimum atomic E-state index is -0.496. The average Bonchev–Trinajstić information content (AvgIpc) is 2.33. The molecule has 2 rings (SSSR count). The van der Waals surface area contributed by atoms with Crippen molar-refractivity contribution < 1.29 is 8.78 Å². The number of hydrogen-bond acceptors (Lipinski definition) is 1. The van der Waals surface area contributed by atoms with Gasteiger partial charge in [-0.15, -0.1) is 0 Å². The van der Waals surface area contributed by atoms with Gasteiger partial charge >= 0.3 is 0 Å². The minimum Gasteiger partial charge on any atom is -0.310 e. The molecule has 1 aromatic carbocycles. The molecule has 1 aromatic rings. The summed E-state index contributed by atoms with van der Waals surface area (Å²) in [5.41, 5.74) is 0.125. The van der Waals surface area contributed by atoms with Crippen LogP contribution >= 0.6 is 15.9 Å². The maximum Gasteiger partial charge on any atom is 0.144 e. The van der Waals surface area contributed by atoms with E-state index in [9.17, 15) is 8.78 Å². The second-order valence-corrected chi connectivity index (χ2v) is 6.67. The molecule has 0 spiro atoms. The highest BCUT2D eigenvalue weighted by atomic mass is 79.9. The summed E-state index contributed by atoms with van der Waals surface area (Å²) in [4.78, 5) is 0. The van der Waals surface area contributed by atoms with E-state index in [1.807, 2.05) is 0 Å². The summed E-state index contributed by atoms with van der Waals surface area (Å²) >= 11 is 3.10. The molecule has 0 heterocycles. The van der Waals surface area contributed by atoms with Gasteiger partial charge in [-0.05, 0) is 59.2 Å². The van der Waals surface area contributed by atoms with Gasteiger partial charge in [0.1, 0.15) is 11.6 Å². The smallest absolute Gasteiger partial charge is 0.144 e. The fourth-order valence-corrected chi connectivity index (χ4v) is 3.46. The largest absolute Gasteiger partial charge is 0.310 e. The Morgan fingerprint density at radius 2 is 1.79 bits per heavy atom. The van der Waals surface area contributed by atoms with Crippen molar-refractivity contribution in [3.05, 3.63) is 33.8 Å². The van der Waals surface area contributed by atoms with Gasteiger partial charge in [0.2, 0.25) is 0 Å². The van der Waals surface area contributed by atoms with E-state index in [4.69, 9.17) is 0 Å². The fraction of sp³-hybridized carbons (Fsp3) is 0.600. The first kappa shape index (κ1) is 14.9. The van der Waals surface area contributed by atoms with Crippen LogP contribution in [0.2, 0.25) is 0 Å². The van der Waals surface area contributed by atoms with E-state index in [2.05, 4.69) is 35.1 Å². The molecule has 0 aliphatic heterocycles. The summed E-state index contributed by atoms with van der Waals surface area (Å²) in [5, 5.41) is 3.31. The Morgan fingerprint density at radius 3 is 2.42 bits per heavy atom. The monoisotopic (exact) mass is 331 g/mol. The topological polar surface area (TPSA) is 12.0 Å². The molecule has 0 bridgehead atoms. The van der Waals surface area contributed by atoms with Crippen molar-refractivity contribution in [3.63, 3.8) is 0 Å². The summed E-state index contributed by atoms with van der Waals surface area (Å²) in [5.74, 6) is 0.381. The van der Waals surface area contributed by atoms with Gasteiger partial charge in [-0.1, -0.05) is 13.8 Å². The SMILES string of the molecule is CC1CC(C)CC(NCc2c(F)ccc(Br)c2F)C1. The van der Waals surface area contributed by atoms with Crippen molar-refractivity contribution >= 4 is 15.9 Å². The molecule has 106 valence electrons. The van der Waals surface area contributed by atoms with Crippen molar-refractivity contribution in [1.29, 1.82) is 0 Å². The van der Waals surface area contributed by atoms with Crippen LogP contribution in [-0.2, 0) is 6.54 Å². The van der Waals surface area contributed by atoms with Gasteiger partial charge in [-0.2, -0.15) is 0 Å². The maximum atomic E-state index is 13.8. The Hall–Kier alpha value is -0.480. The second-order valence-electron chi connectivity index (χ2n) is 5.82. The van der Waals surface area contributed by atoms with E-state index in [0.29, 0.717) is 22.4 Å². The van der Waals surface area contributed by atoms with Crippen molar-refractivity contribution in [2.45, 2.75) is 45.7 Å². The number of rotatable bonds is 3. The van der Waals surface area contributed by atoms with Crippen LogP contribution < -0.4 is 5.32 Å². The van der Waals surface area contributed by atoms with Gasteiger partial charge in [-0.3, -0.25) is 0 Å². The van der Waals surface area contributed by atoms with E-state index in [1.54, 1.807) is 0 Å². The first-order chi connectivity index (χ1) is 8.97. The predicted octanol–water partition coefficient (Wildman–Crippen LogP) is 4.64. The number of halogens is 3. The first-order valence-electron chi connectivity index (χ1n) is 6.83. The van der Waals surface area contributed by atoms with E-state index in [0.717, 1.165) is 12.8 Å². The summed E-state index contributed by atoms with van der Waals surface area (Å²) in [6.45, 7) is 4.73. The molecule has 4 heteroatoms. The zero-order chi connectivity index (χ0) is 14.0. The zero-order valence-electron chi connectivity index (χ0n) is 11.3. The van der Waals surface area contributed by atoms with Crippen molar-refractivity contribution in [1.82, 2.24) is 5.32 Å². The Morgan fingerprint density at radius 1 is 1.16 bits per heavy atom. The summed E-state index contributed by atoms with van der Waals surface area (Å²) in [6, 6.07) is 3.06. The molecular formula is C15H20BrF2N. The van der Waals surface area contributed by atoms with Gasteiger partial charge in [-0.25, -0.2) is 8.78 Å². The molecule has 2 atom stereocenters. The molecule has 0 amide bonds. The van der Waals surface area contributed by atoms with Gasteiger partial charge in [0.05, 0.1) is 4.47 Å². The molecule has 0 saturated heterocycles. The average molecular weight is 332 g/mol. The van der Waals surface area contributed by atoms with Crippen LogP contribution in [0, 0.1) is 23.5 Å². The lowest BCUT2D eigenvalue weighted by Crippen LogP contribution is -2.36. The molecule has 2 unspecified atom stereocenters. The quantitative estimate of drug-likeness (QED) is 0.795. The molecule has 1 nitrogen and oxygen atoms in total. The Balaban J connectivity index is 2.01. The summed E-state index contributed by atoms with van der Waals surface area (Å²) < 4.78 is 27.8. The highest BCUT2D eigenvalue weighted by Gasteiger charge is 2.24. The molecule has 0 aromatic heterocycles. The molecule has 0 radical (unpaired) electrons. The van der Waals surface area contributed by atoms with Gasteiger partial charge in [0.25, 0.3) is 0 Å². The highest BCUT2D eigenvalue weighted by Crippen LogP contribution is 2.29. The van der Waals surface area contributed by atoms with Crippen LogP contribution in [0.15, 0.2) is 16.6 Å². The highest BCUT2D eigenvalue weighted by molar-refractivity contribution is 9.10. The lowest BCUT2D eigenvalue weighted by Gasteiger charge is -2.32. The minimum absolute atomic E-state index is 0.125. The third-order valence-electron chi connectivity index (χ3n) is 3.88. The van der Waals surface area contributed by atoms with Crippen LogP contribution in [0.4, 0.5) is 8.78 Å². The zero-order valence-corrected chi connectivity index (χ0v) is 12.9. The lowest BCUT2D eigenvalue weighted by molar-refractivity contribution is 0.237. The van der Waals surface area contributed by atoms with Crippen molar-refractivity contribution in [2.24, 2.45) is 11.8 Å². The van der Waals surface area contributed by atoms with E-state index >= 15 is 0 Å². The van der Waals surface area contributed by atoms with E-state index < -0.39 is 11.6 Å². The van der Waals surface area contributed by atoms with Crippen LogP contribution in [0.3, 0.4) is 0 Å². The van der Waals surface area contributed by atoms with Crippen molar-refractivity contribution in [2.75, 3.05) is 0 Å². The number of hydrogen-bond donors (Lipinski definition) is 1. The van der Waals surface area contributed by atoms with Crippen LogP contribution in [0.1, 0.15) is 38.7 Å². The normalized spacial score (nSPS) is 27.5. The number of benzene rings is 1. The Bertz CT molecular complexity index is 440. The Kier molecular flexibility index (Phi) is 4.96. The third kappa shape index (κ3) is 3.76. The second kappa shape index (κ2) is 6.31. The van der Waals surface area contributed by atoms with Crippen molar-refractivity contribution in [3.8, 4) is 0 Å². The van der Waals surface area contributed by atoms with E-state index in [1.165, 1.54) is 18.6 Å². The fourth-order valence-electron chi connectivity index (χ4n) is 3.09. The summed E-state index contributed by atoms with van der Waals surface area (Å²) in [6.07, 6.45) is 3.42.